The van der Waals surface area contributed by atoms with Crippen LogP contribution in [0.2, 0.25) is 0 Å². The Morgan fingerprint density at radius 3 is 2.57 bits per heavy atom. The van der Waals surface area contributed by atoms with Gasteiger partial charge < -0.3 is 20.1 Å². The molecule has 2 unspecified atom stereocenters. The first-order valence-electron chi connectivity index (χ1n) is 6.77. The van der Waals surface area contributed by atoms with Crippen LogP contribution in [0.5, 0.6) is 0 Å². The average molecular weight is 355 g/mol. The molecule has 0 aromatic heterocycles. The molecule has 0 saturated carbocycles. The van der Waals surface area contributed by atoms with Gasteiger partial charge in [-0.1, -0.05) is 15.9 Å². The molecule has 6 nitrogen and oxygen atoms in total. The van der Waals surface area contributed by atoms with Crippen LogP contribution < -0.4 is 5.32 Å². The summed E-state index contributed by atoms with van der Waals surface area (Å²) in [5, 5.41) is 11.9. The van der Waals surface area contributed by atoms with Crippen LogP contribution in [0.25, 0.3) is 0 Å². The summed E-state index contributed by atoms with van der Waals surface area (Å²) in [7, 11) is 0. The van der Waals surface area contributed by atoms with Gasteiger partial charge in [-0.2, -0.15) is 0 Å². The fourth-order valence-electron chi connectivity index (χ4n) is 2.78. The number of nitrogens with one attached hydrogen (secondary N) is 1. The number of aromatic carboxylic acids is 1. The van der Waals surface area contributed by atoms with E-state index >= 15 is 0 Å². The third-order valence-corrected chi connectivity index (χ3v) is 4.28. The highest BCUT2D eigenvalue weighted by molar-refractivity contribution is 9.10. The summed E-state index contributed by atoms with van der Waals surface area (Å²) in [5.41, 5.74) is 0.364. The number of anilines is 1. The summed E-state index contributed by atoms with van der Waals surface area (Å²) >= 11 is 3.23. The molecule has 2 bridgehead atoms. The van der Waals surface area contributed by atoms with Crippen LogP contribution in [-0.4, -0.2) is 47.3 Å². The van der Waals surface area contributed by atoms with E-state index in [1.807, 2.05) is 0 Å². The number of hydrogen-bond acceptors (Lipinski definition) is 3. The Labute approximate surface area is 130 Å². The van der Waals surface area contributed by atoms with Gasteiger partial charge in [-0.25, -0.2) is 9.59 Å². The zero-order valence-corrected chi connectivity index (χ0v) is 12.8. The summed E-state index contributed by atoms with van der Waals surface area (Å²) in [4.78, 5) is 25.2. The fourth-order valence-corrected chi connectivity index (χ4v) is 3.14. The van der Waals surface area contributed by atoms with Crippen LogP contribution in [0.3, 0.4) is 0 Å². The number of nitrogens with zero attached hydrogens (tertiary/aromatic N) is 1. The molecule has 2 heterocycles. The lowest BCUT2D eigenvalue weighted by atomic mass is 10.2. The first kappa shape index (κ1) is 14.3. The first-order valence-corrected chi connectivity index (χ1v) is 7.56. The number of hydrogen-bond donors (Lipinski definition) is 2. The Balaban J connectivity index is 1.74. The average Bonchev–Trinajstić information content (AvgIpc) is 2.79. The van der Waals surface area contributed by atoms with E-state index in [4.69, 9.17) is 4.74 Å². The highest BCUT2D eigenvalue weighted by Gasteiger charge is 2.35. The van der Waals surface area contributed by atoms with Crippen molar-refractivity contribution in [3.63, 3.8) is 0 Å². The Morgan fingerprint density at radius 1 is 1.29 bits per heavy atom. The minimum atomic E-state index is -1.08. The van der Waals surface area contributed by atoms with Gasteiger partial charge in [0.1, 0.15) is 0 Å². The Hall–Kier alpha value is -1.60. The maximum Gasteiger partial charge on any atom is 0.337 e. The lowest BCUT2D eigenvalue weighted by Gasteiger charge is -2.32. The molecule has 2 fully saturated rings. The smallest absolute Gasteiger partial charge is 0.337 e. The number of benzene rings is 1. The molecule has 2 amide bonds. The molecule has 0 aliphatic carbocycles. The molecule has 112 valence electrons. The van der Waals surface area contributed by atoms with Crippen LogP contribution in [-0.2, 0) is 4.74 Å². The summed E-state index contributed by atoms with van der Waals surface area (Å²) in [6.45, 7) is 1.11. The van der Waals surface area contributed by atoms with Gasteiger partial charge in [0, 0.05) is 17.6 Å². The molecule has 21 heavy (non-hydrogen) atoms. The zero-order chi connectivity index (χ0) is 15.0. The normalized spacial score (nSPS) is 24.0. The number of amides is 2. The number of carbonyl (C=O) groups is 2. The molecule has 1 aromatic carbocycles. The predicted octanol–water partition coefficient (Wildman–Crippen LogP) is 2.54. The van der Waals surface area contributed by atoms with E-state index < -0.39 is 5.97 Å². The van der Waals surface area contributed by atoms with Crippen LogP contribution in [0, 0.1) is 0 Å². The van der Waals surface area contributed by atoms with Crippen LogP contribution >= 0.6 is 15.9 Å². The number of carboxylic acids is 1. The summed E-state index contributed by atoms with van der Waals surface area (Å²) in [5.74, 6) is -1.08. The zero-order valence-electron chi connectivity index (χ0n) is 11.2. The first-order chi connectivity index (χ1) is 10.0. The molecule has 2 saturated heterocycles. The lowest BCUT2D eigenvalue weighted by molar-refractivity contribution is -0.0219. The van der Waals surface area contributed by atoms with Crippen LogP contribution in [0.15, 0.2) is 22.7 Å². The molecule has 0 radical (unpaired) electrons. The molecular weight excluding hydrogens is 340 g/mol. The van der Waals surface area contributed by atoms with Crippen LogP contribution in [0.1, 0.15) is 23.2 Å². The molecule has 2 aliphatic heterocycles. The molecule has 2 N–H and O–H groups in total. The van der Waals surface area contributed by atoms with Crippen LogP contribution in [0.4, 0.5) is 10.5 Å². The van der Waals surface area contributed by atoms with Crippen molar-refractivity contribution in [2.75, 3.05) is 18.4 Å². The molecule has 2 aliphatic rings. The standard InChI is InChI=1S/C14H15BrN2O4/c15-8-1-4-12(11(5-8)13(18)19)16-14(20)17-6-9-2-3-10(7-17)21-9/h1,4-5,9-10H,2-3,6-7H2,(H,16,20)(H,18,19). The van der Waals surface area contributed by atoms with Gasteiger partial charge in [-0.3, -0.25) is 0 Å². The summed E-state index contributed by atoms with van der Waals surface area (Å²) in [6.07, 6.45) is 2.18. The van der Waals surface area contributed by atoms with E-state index in [0.29, 0.717) is 23.2 Å². The fraction of sp³-hybridized carbons (Fsp3) is 0.429. The van der Waals surface area contributed by atoms with Gasteiger partial charge in [-0.05, 0) is 31.0 Å². The van der Waals surface area contributed by atoms with Crippen molar-refractivity contribution in [1.29, 1.82) is 0 Å². The minimum absolute atomic E-state index is 0.0638. The van der Waals surface area contributed by atoms with Crippen molar-refractivity contribution in [2.45, 2.75) is 25.0 Å². The topological polar surface area (TPSA) is 78.9 Å². The van der Waals surface area contributed by atoms with Crippen molar-refractivity contribution in [3.8, 4) is 0 Å². The number of urea groups is 1. The number of rotatable bonds is 2. The molecule has 7 heteroatoms. The quantitative estimate of drug-likeness (QED) is 0.855. The van der Waals surface area contributed by atoms with E-state index in [1.54, 1.807) is 17.0 Å². The van der Waals surface area contributed by atoms with Crippen molar-refractivity contribution in [1.82, 2.24) is 4.90 Å². The second-order valence-corrected chi connectivity index (χ2v) is 6.20. The van der Waals surface area contributed by atoms with Gasteiger partial charge in [0.25, 0.3) is 0 Å². The van der Waals surface area contributed by atoms with Crippen molar-refractivity contribution in [3.05, 3.63) is 28.2 Å². The number of fused-ring (bicyclic) bond motifs is 2. The second-order valence-electron chi connectivity index (χ2n) is 5.29. The Bertz CT molecular complexity index is 580. The lowest BCUT2D eigenvalue weighted by Crippen LogP contribution is -2.47. The molecular formula is C14H15BrN2O4. The van der Waals surface area contributed by atoms with Gasteiger partial charge in [-0.15, -0.1) is 0 Å². The monoisotopic (exact) mass is 354 g/mol. The van der Waals surface area contributed by atoms with E-state index in [0.717, 1.165) is 12.8 Å². The molecule has 0 spiro atoms. The molecule has 3 rings (SSSR count). The number of morpholine rings is 1. The maximum atomic E-state index is 12.3. The Morgan fingerprint density at radius 2 is 1.95 bits per heavy atom. The predicted molar refractivity (Wildman–Crippen MR) is 79.6 cm³/mol. The minimum Gasteiger partial charge on any atom is -0.478 e. The van der Waals surface area contributed by atoms with E-state index in [1.165, 1.54) is 6.07 Å². The maximum absolute atomic E-state index is 12.3. The van der Waals surface area contributed by atoms with Gasteiger partial charge >= 0.3 is 12.0 Å². The molecule has 2 atom stereocenters. The van der Waals surface area contributed by atoms with Gasteiger partial charge in [0.05, 0.1) is 23.5 Å². The number of likely N-dealkylation sites (tertiary alicyclic amines) is 1. The van der Waals surface area contributed by atoms with Gasteiger partial charge in [0.2, 0.25) is 0 Å². The van der Waals surface area contributed by atoms with E-state index in [9.17, 15) is 14.7 Å². The van der Waals surface area contributed by atoms with Crippen molar-refractivity contribution in [2.24, 2.45) is 0 Å². The van der Waals surface area contributed by atoms with Gasteiger partial charge in [0.15, 0.2) is 0 Å². The summed E-state index contributed by atoms with van der Waals surface area (Å²) in [6, 6.07) is 4.48. The number of halogens is 1. The number of carbonyl (C=O) groups excluding carboxylic acids is 1. The second kappa shape index (κ2) is 5.65. The van der Waals surface area contributed by atoms with E-state index in [2.05, 4.69) is 21.2 Å². The highest BCUT2D eigenvalue weighted by atomic mass is 79.9. The van der Waals surface area contributed by atoms with E-state index in [-0.39, 0.29) is 23.8 Å². The third-order valence-electron chi connectivity index (χ3n) is 3.78. The number of carboxylic acid groups (broad SMARTS) is 1. The Kier molecular flexibility index (Phi) is 3.86. The summed E-state index contributed by atoms with van der Waals surface area (Å²) < 4.78 is 6.34. The molecule has 1 aromatic rings. The third kappa shape index (κ3) is 3.03. The van der Waals surface area contributed by atoms with Crippen molar-refractivity contribution < 1.29 is 19.4 Å². The van der Waals surface area contributed by atoms with Crippen molar-refractivity contribution >= 4 is 33.6 Å². The SMILES string of the molecule is O=C(O)c1cc(Br)ccc1NC(=O)N1CC2CCC(C1)O2. The largest absolute Gasteiger partial charge is 0.478 e. The highest BCUT2D eigenvalue weighted by Crippen LogP contribution is 2.27. The number of ether oxygens (including phenoxy) is 1.